The molecule has 0 radical (unpaired) electrons. The van der Waals surface area contributed by atoms with Crippen LogP contribution in [-0.2, 0) is 10.8 Å². The fourth-order valence-electron chi connectivity index (χ4n) is 2.36. The molecule has 0 spiro atoms. The van der Waals surface area contributed by atoms with Gasteiger partial charge in [-0.05, 0) is 17.0 Å². The number of aromatic amines is 1. The van der Waals surface area contributed by atoms with Crippen molar-refractivity contribution in [1.82, 2.24) is 9.97 Å². The summed E-state index contributed by atoms with van der Waals surface area (Å²) in [7, 11) is 0. The lowest BCUT2D eigenvalue weighted by Gasteiger charge is -2.29. The molecule has 0 aliphatic rings. The van der Waals surface area contributed by atoms with Crippen LogP contribution in [0.4, 0.5) is 0 Å². The molecule has 0 amide bonds. The first-order valence-electron chi connectivity index (χ1n) is 6.18. The minimum Gasteiger partial charge on any atom is -0.360 e. The van der Waals surface area contributed by atoms with Crippen LogP contribution < -0.4 is 0 Å². The first-order chi connectivity index (χ1) is 7.71. The Labute approximate surface area is 103 Å². The maximum atomic E-state index is 4.69. The lowest BCUT2D eigenvalue weighted by molar-refractivity contribution is 0.518. The van der Waals surface area contributed by atoms with Crippen molar-refractivity contribution in [3.63, 3.8) is 0 Å². The largest absolute Gasteiger partial charge is 0.360 e. The number of rotatable bonds is 0. The molecule has 92 valence electrons. The van der Waals surface area contributed by atoms with E-state index in [2.05, 4.69) is 57.6 Å². The lowest BCUT2D eigenvalue weighted by Crippen LogP contribution is -2.23. The predicted molar refractivity (Wildman–Crippen MR) is 73.5 cm³/mol. The fourth-order valence-corrected chi connectivity index (χ4v) is 2.36. The summed E-state index contributed by atoms with van der Waals surface area (Å²) in [5.74, 6) is 0. The number of hydrogen-bond acceptors (Lipinski definition) is 1. The fraction of sp³-hybridized carbons (Fsp3) is 0.533. The number of aromatic nitrogens is 2. The molecule has 0 fully saturated rings. The molecule has 2 heterocycles. The highest BCUT2D eigenvalue weighted by molar-refractivity contribution is 5.84. The van der Waals surface area contributed by atoms with Crippen molar-refractivity contribution in [3.05, 3.63) is 29.7 Å². The van der Waals surface area contributed by atoms with Crippen LogP contribution in [0.5, 0.6) is 0 Å². The summed E-state index contributed by atoms with van der Waals surface area (Å²) in [6.45, 7) is 13.4. The smallest absolute Gasteiger partial charge is 0.0643 e. The Morgan fingerprint density at radius 2 is 1.65 bits per heavy atom. The van der Waals surface area contributed by atoms with E-state index in [1.165, 1.54) is 16.6 Å². The second kappa shape index (κ2) is 3.59. The van der Waals surface area contributed by atoms with Gasteiger partial charge >= 0.3 is 0 Å². The highest BCUT2D eigenvalue weighted by Crippen LogP contribution is 2.36. The minimum absolute atomic E-state index is 0.0775. The van der Waals surface area contributed by atoms with Gasteiger partial charge in [-0.1, -0.05) is 41.5 Å². The summed E-state index contributed by atoms with van der Waals surface area (Å²) in [5, 5.41) is 1.30. The van der Waals surface area contributed by atoms with Crippen molar-refractivity contribution in [2.45, 2.75) is 52.4 Å². The molecule has 0 unspecified atom stereocenters. The summed E-state index contributed by atoms with van der Waals surface area (Å²) >= 11 is 0. The monoisotopic (exact) mass is 230 g/mol. The Hall–Kier alpha value is -1.31. The number of nitrogens with zero attached hydrogens (tertiary/aromatic N) is 1. The quantitative estimate of drug-likeness (QED) is 0.723. The molecule has 0 aliphatic heterocycles. The summed E-state index contributed by atoms with van der Waals surface area (Å²) in [6, 6.07) is 2.16. The van der Waals surface area contributed by atoms with Gasteiger partial charge in [0.25, 0.3) is 0 Å². The molecule has 2 aromatic heterocycles. The average molecular weight is 230 g/mol. The second-order valence-corrected chi connectivity index (χ2v) is 6.79. The van der Waals surface area contributed by atoms with E-state index in [1.54, 1.807) is 0 Å². The molecule has 2 aromatic rings. The highest BCUT2D eigenvalue weighted by atomic mass is 14.8. The van der Waals surface area contributed by atoms with E-state index < -0.39 is 0 Å². The summed E-state index contributed by atoms with van der Waals surface area (Å²) in [4.78, 5) is 7.93. The molecule has 0 aromatic carbocycles. The third kappa shape index (κ3) is 2.08. The molecular weight excluding hydrogens is 208 g/mol. The van der Waals surface area contributed by atoms with Crippen LogP contribution in [0.1, 0.15) is 52.8 Å². The summed E-state index contributed by atoms with van der Waals surface area (Å²) in [6.07, 6.45) is 3.94. The van der Waals surface area contributed by atoms with E-state index in [1.807, 2.05) is 12.4 Å². The van der Waals surface area contributed by atoms with Gasteiger partial charge in [0.15, 0.2) is 0 Å². The number of pyridine rings is 1. The van der Waals surface area contributed by atoms with E-state index in [0.717, 1.165) is 5.52 Å². The Morgan fingerprint density at radius 1 is 1.00 bits per heavy atom. The van der Waals surface area contributed by atoms with Crippen molar-refractivity contribution in [3.8, 4) is 0 Å². The zero-order chi connectivity index (χ0) is 12.8. The van der Waals surface area contributed by atoms with Crippen LogP contribution in [0.2, 0.25) is 0 Å². The van der Waals surface area contributed by atoms with Gasteiger partial charge < -0.3 is 4.98 Å². The van der Waals surface area contributed by atoms with Gasteiger partial charge in [-0.25, -0.2) is 0 Å². The van der Waals surface area contributed by atoms with Crippen molar-refractivity contribution in [1.29, 1.82) is 0 Å². The molecule has 0 saturated carbocycles. The van der Waals surface area contributed by atoms with E-state index in [0.29, 0.717) is 0 Å². The normalized spacial score (nSPS) is 13.3. The van der Waals surface area contributed by atoms with Gasteiger partial charge in [-0.2, -0.15) is 0 Å². The highest BCUT2D eigenvalue weighted by Gasteiger charge is 2.28. The molecule has 17 heavy (non-hydrogen) atoms. The van der Waals surface area contributed by atoms with E-state index in [-0.39, 0.29) is 10.8 Å². The van der Waals surface area contributed by atoms with Crippen molar-refractivity contribution < 1.29 is 0 Å². The van der Waals surface area contributed by atoms with Gasteiger partial charge in [0.05, 0.1) is 17.4 Å². The van der Waals surface area contributed by atoms with Gasteiger partial charge in [-0.15, -0.1) is 0 Å². The van der Waals surface area contributed by atoms with Crippen molar-refractivity contribution >= 4 is 10.9 Å². The maximum absolute atomic E-state index is 4.69. The van der Waals surface area contributed by atoms with Crippen LogP contribution in [0.15, 0.2) is 18.5 Å². The Balaban J connectivity index is 2.85. The number of nitrogens with one attached hydrogen (secondary N) is 1. The predicted octanol–water partition coefficient (Wildman–Crippen LogP) is 4.16. The van der Waals surface area contributed by atoms with Gasteiger partial charge in [0.2, 0.25) is 0 Å². The molecular formula is C15H22N2. The number of fused-ring (bicyclic) bond motifs is 1. The van der Waals surface area contributed by atoms with E-state index >= 15 is 0 Å². The van der Waals surface area contributed by atoms with E-state index in [9.17, 15) is 0 Å². The third-order valence-electron chi connectivity index (χ3n) is 3.07. The van der Waals surface area contributed by atoms with Crippen molar-refractivity contribution in [2.24, 2.45) is 0 Å². The maximum Gasteiger partial charge on any atom is 0.0643 e. The van der Waals surface area contributed by atoms with Gasteiger partial charge in [-0.3, -0.25) is 4.98 Å². The molecule has 2 rings (SSSR count). The topological polar surface area (TPSA) is 28.7 Å². The zero-order valence-corrected chi connectivity index (χ0v) is 11.7. The standard InChI is InChI=1S/C15H22N2/c1-14(2,3)12-10-7-8-16-11(10)9-17-13(12)15(4,5)6/h7-9,16H,1-6H3. The van der Waals surface area contributed by atoms with Crippen LogP contribution >= 0.6 is 0 Å². The second-order valence-electron chi connectivity index (χ2n) is 6.79. The average Bonchev–Trinajstić information content (AvgIpc) is 2.59. The van der Waals surface area contributed by atoms with Gasteiger partial charge in [0, 0.05) is 17.0 Å². The SMILES string of the molecule is CC(C)(C)c1ncc2[nH]ccc2c1C(C)(C)C. The Kier molecular flexibility index (Phi) is 2.57. The number of hydrogen-bond donors (Lipinski definition) is 1. The zero-order valence-electron chi connectivity index (χ0n) is 11.7. The van der Waals surface area contributed by atoms with Crippen LogP contribution in [0.25, 0.3) is 10.9 Å². The Bertz CT molecular complexity index is 536. The first-order valence-corrected chi connectivity index (χ1v) is 6.18. The van der Waals surface area contributed by atoms with Crippen molar-refractivity contribution in [2.75, 3.05) is 0 Å². The Morgan fingerprint density at radius 3 is 2.18 bits per heavy atom. The molecule has 0 saturated heterocycles. The summed E-state index contributed by atoms with van der Waals surface area (Å²) in [5.41, 5.74) is 3.88. The van der Waals surface area contributed by atoms with Gasteiger partial charge in [0.1, 0.15) is 0 Å². The molecule has 0 atom stereocenters. The van der Waals surface area contributed by atoms with Crippen LogP contribution in [0.3, 0.4) is 0 Å². The third-order valence-corrected chi connectivity index (χ3v) is 3.07. The van der Waals surface area contributed by atoms with Crippen LogP contribution in [-0.4, -0.2) is 9.97 Å². The molecule has 1 N–H and O–H groups in total. The minimum atomic E-state index is 0.0775. The molecule has 0 bridgehead atoms. The molecule has 2 nitrogen and oxygen atoms in total. The summed E-state index contributed by atoms with van der Waals surface area (Å²) < 4.78 is 0. The number of H-pyrrole nitrogens is 1. The van der Waals surface area contributed by atoms with Crippen LogP contribution in [0, 0.1) is 0 Å². The first kappa shape index (κ1) is 12.2. The molecule has 2 heteroatoms. The molecule has 0 aliphatic carbocycles. The lowest BCUT2D eigenvalue weighted by atomic mass is 9.77. The van der Waals surface area contributed by atoms with E-state index in [4.69, 9.17) is 0 Å².